The molecule has 0 radical (unpaired) electrons. The Bertz CT molecular complexity index is 1180. The van der Waals surface area contributed by atoms with E-state index in [1.165, 1.54) is 0 Å². The highest BCUT2D eigenvalue weighted by molar-refractivity contribution is 5.77. The number of benzene rings is 1. The van der Waals surface area contributed by atoms with Crippen LogP contribution in [0.2, 0.25) is 0 Å². The maximum absolute atomic E-state index is 12.9. The maximum Gasteiger partial charge on any atom is 0.333 e. The standard InChI is InChI=1S/C19H20N4O5/c1-4-8-22-18(26)15-17(23(19(22)27)10-13(25)11-24)20-16(21(15)2)12-6-5-7-14(9-12)28-3/h1,5-7,9,13,24-25H,8,10-11H2,2-3H3. The van der Waals surface area contributed by atoms with Crippen molar-refractivity contribution >= 4 is 11.2 Å². The third-order valence-electron chi connectivity index (χ3n) is 4.42. The van der Waals surface area contributed by atoms with E-state index in [1.807, 2.05) is 0 Å². The van der Waals surface area contributed by atoms with Crippen LogP contribution in [-0.2, 0) is 20.1 Å². The van der Waals surface area contributed by atoms with Gasteiger partial charge in [-0.3, -0.25) is 9.36 Å². The highest BCUT2D eigenvalue weighted by Crippen LogP contribution is 2.25. The summed E-state index contributed by atoms with van der Waals surface area (Å²) in [6.45, 7) is -0.995. The van der Waals surface area contributed by atoms with Crippen molar-refractivity contribution in [3.63, 3.8) is 0 Å². The SMILES string of the molecule is C#CCn1c(=O)c2c(nc(-c3cccc(OC)c3)n2C)n(CC(O)CO)c1=O. The molecule has 1 unspecified atom stereocenters. The minimum Gasteiger partial charge on any atom is -0.497 e. The van der Waals surface area contributed by atoms with Crippen LogP contribution in [0.3, 0.4) is 0 Å². The first kappa shape index (κ1) is 19.4. The van der Waals surface area contributed by atoms with Crippen LogP contribution in [0.5, 0.6) is 5.75 Å². The quantitative estimate of drug-likeness (QED) is 0.558. The second kappa shape index (κ2) is 7.72. The summed E-state index contributed by atoms with van der Waals surface area (Å²) in [4.78, 5) is 30.1. The number of aromatic nitrogens is 4. The summed E-state index contributed by atoms with van der Waals surface area (Å²) in [5.74, 6) is 3.34. The molecule has 0 aliphatic heterocycles. The number of aryl methyl sites for hydroxylation is 1. The summed E-state index contributed by atoms with van der Waals surface area (Å²) in [5.41, 5.74) is -0.313. The second-order valence-electron chi connectivity index (χ2n) is 6.22. The van der Waals surface area contributed by atoms with Crippen LogP contribution in [0.15, 0.2) is 33.9 Å². The number of fused-ring (bicyclic) bond motifs is 1. The normalized spacial score (nSPS) is 12.1. The largest absolute Gasteiger partial charge is 0.497 e. The fourth-order valence-electron chi connectivity index (χ4n) is 3.05. The summed E-state index contributed by atoms with van der Waals surface area (Å²) in [5, 5.41) is 19.0. The maximum atomic E-state index is 12.9. The minimum atomic E-state index is -1.19. The fraction of sp³-hybridized carbons (Fsp3) is 0.316. The van der Waals surface area contributed by atoms with Crippen molar-refractivity contribution in [3.05, 3.63) is 45.1 Å². The number of aliphatic hydroxyl groups is 2. The Morgan fingerprint density at radius 1 is 1.32 bits per heavy atom. The van der Waals surface area contributed by atoms with Gasteiger partial charge in [0.05, 0.1) is 32.9 Å². The first-order valence-electron chi connectivity index (χ1n) is 8.49. The van der Waals surface area contributed by atoms with Gasteiger partial charge in [-0.2, -0.15) is 0 Å². The number of hydrogen-bond acceptors (Lipinski definition) is 6. The van der Waals surface area contributed by atoms with Gasteiger partial charge in [-0.25, -0.2) is 14.3 Å². The van der Waals surface area contributed by atoms with E-state index in [1.54, 1.807) is 43.0 Å². The van der Waals surface area contributed by atoms with Crippen LogP contribution in [0.1, 0.15) is 0 Å². The predicted molar refractivity (Wildman–Crippen MR) is 103 cm³/mol. The molecule has 28 heavy (non-hydrogen) atoms. The predicted octanol–water partition coefficient (Wildman–Crippen LogP) is -0.441. The van der Waals surface area contributed by atoms with Gasteiger partial charge in [-0.05, 0) is 12.1 Å². The third kappa shape index (κ3) is 3.19. The average molecular weight is 384 g/mol. The van der Waals surface area contributed by atoms with Gasteiger partial charge in [0, 0.05) is 12.6 Å². The molecule has 0 aliphatic carbocycles. The van der Waals surface area contributed by atoms with E-state index in [4.69, 9.17) is 11.2 Å². The summed E-state index contributed by atoms with van der Waals surface area (Å²) < 4.78 is 8.86. The smallest absolute Gasteiger partial charge is 0.333 e. The highest BCUT2D eigenvalue weighted by atomic mass is 16.5. The molecule has 0 spiro atoms. The van der Waals surface area contributed by atoms with Crippen molar-refractivity contribution < 1.29 is 14.9 Å². The van der Waals surface area contributed by atoms with E-state index < -0.39 is 24.0 Å². The van der Waals surface area contributed by atoms with E-state index in [0.717, 1.165) is 9.13 Å². The van der Waals surface area contributed by atoms with Gasteiger partial charge in [-0.15, -0.1) is 6.42 Å². The molecule has 0 bridgehead atoms. The lowest BCUT2D eigenvalue weighted by molar-refractivity contribution is 0.0807. The first-order chi connectivity index (χ1) is 13.4. The molecule has 0 saturated carbocycles. The average Bonchev–Trinajstić information content (AvgIpc) is 3.05. The number of rotatable bonds is 6. The lowest BCUT2D eigenvalue weighted by Crippen LogP contribution is -2.42. The Kier molecular flexibility index (Phi) is 5.35. The van der Waals surface area contributed by atoms with Crippen LogP contribution in [0.4, 0.5) is 0 Å². The van der Waals surface area contributed by atoms with Gasteiger partial charge < -0.3 is 19.5 Å². The zero-order valence-corrected chi connectivity index (χ0v) is 15.5. The van der Waals surface area contributed by atoms with Crippen LogP contribution >= 0.6 is 0 Å². The fourth-order valence-corrected chi connectivity index (χ4v) is 3.05. The molecule has 0 fully saturated rings. The van der Waals surface area contributed by atoms with Crippen molar-refractivity contribution in [2.75, 3.05) is 13.7 Å². The van der Waals surface area contributed by atoms with Gasteiger partial charge in [0.1, 0.15) is 11.6 Å². The summed E-state index contributed by atoms with van der Waals surface area (Å²) in [7, 11) is 3.20. The number of terminal acetylenes is 1. The topological polar surface area (TPSA) is 112 Å². The van der Waals surface area contributed by atoms with Crippen LogP contribution in [-0.4, -0.2) is 48.7 Å². The van der Waals surface area contributed by atoms with E-state index in [2.05, 4.69) is 10.9 Å². The lowest BCUT2D eigenvalue weighted by atomic mass is 10.2. The Morgan fingerprint density at radius 2 is 2.07 bits per heavy atom. The summed E-state index contributed by atoms with van der Waals surface area (Å²) in [6, 6.07) is 7.12. The van der Waals surface area contributed by atoms with E-state index in [0.29, 0.717) is 17.1 Å². The van der Waals surface area contributed by atoms with Gasteiger partial charge in [-0.1, -0.05) is 18.1 Å². The molecular formula is C19H20N4O5. The Hall–Kier alpha value is -3.35. The van der Waals surface area contributed by atoms with Crippen molar-refractivity contribution in [3.8, 4) is 29.5 Å². The molecule has 0 aliphatic rings. The van der Waals surface area contributed by atoms with Crippen LogP contribution < -0.4 is 16.0 Å². The zero-order valence-electron chi connectivity index (χ0n) is 15.5. The molecule has 2 heterocycles. The van der Waals surface area contributed by atoms with Crippen molar-refractivity contribution in [1.29, 1.82) is 0 Å². The number of hydrogen-bond donors (Lipinski definition) is 2. The lowest BCUT2D eigenvalue weighted by Gasteiger charge is -2.12. The molecule has 2 aromatic heterocycles. The van der Waals surface area contributed by atoms with E-state index >= 15 is 0 Å². The van der Waals surface area contributed by atoms with Gasteiger partial charge in [0.15, 0.2) is 11.2 Å². The Morgan fingerprint density at radius 3 is 2.71 bits per heavy atom. The van der Waals surface area contributed by atoms with Crippen molar-refractivity contribution in [2.45, 2.75) is 19.2 Å². The Labute approximate surface area is 160 Å². The third-order valence-corrected chi connectivity index (χ3v) is 4.42. The molecular weight excluding hydrogens is 364 g/mol. The molecule has 9 nitrogen and oxygen atoms in total. The first-order valence-corrected chi connectivity index (χ1v) is 8.49. The Balaban J connectivity index is 2.37. The van der Waals surface area contributed by atoms with Gasteiger partial charge in [0.25, 0.3) is 5.56 Å². The van der Waals surface area contributed by atoms with Crippen LogP contribution in [0.25, 0.3) is 22.6 Å². The number of aliphatic hydroxyl groups excluding tert-OH is 2. The van der Waals surface area contributed by atoms with E-state index in [9.17, 15) is 19.8 Å². The molecule has 0 saturated heterocycles. The second-order valence-corrected chi connectivity index (χ2v) is 6.22. The summed E-state index contributed by atoms with van der Waals surface area (Å²) >= 11 is 0. The molecule has 9 heteroatoms. The number of nitrogens with zero attached hydrogens (tertiary/aromatic N) is 4. The van der Waals surface area contributed by atoms with E-state index in [-0.39, 0.29) is 24.3 Å². The molecule has 1 aromatic carbocycles. The molecule has 146 valence electrons. The molecule has 1 atom stereocenters. The number of imidazole rings is 1. The number of ether oxygens (including phenoxy) is 1. The summed E-state index contributed by atoms with van der Waals surface area (Å²) in [6.07, 6.45) is 4.11. The molecule has 0 amide bonds. The highest BCUT2D eigenvalue weighted by Gasteiger charge is 2.22. The van der Waals surface area contributed by atoms with Crippen LogP contribution in [0, 0.1) is 12.3 Å². The monoisotopic (exact) mass is 384 g/mol. The van der Waals surface area contributed by atoms with Gasteiger partial charge in [0.2, 0.25) is 0 Å². The van der Waals surface area contributed by atoms with Crippen molar-refractivity contribution in [1.82, 2.24) is 18.7 Å². The molecule has 3 aromatic rings. The molecule has 3 rings (SSSR count). The molecule has 2 N–H and O–H groups in total. The minimum absolute atomic E-state index is 0.107. The zero-order chi connectivity index (χ0) is 20.4. The van der Waals surface area contributed by atoms with Gasteiger partial charge >= 0.3 is 5.69 Å². The van der Waals surface area contributed by atoms with Crippen molar-refractivity contribution in [2.24, 2.45) is 7.05 Å². The number of methoxy groups -OCH3 is 1.